The van der Waals surface area contributed by atoms with Gasteiger partial charge in [0.25, 0.3) is 0 Å². The first-order valence-corrected chi connectivity index (χ1v) is 7.72. The maximum absolute atomic E-state index is 13.0. The average Bonchev–Trinajstić information content (AvgIpc) is 3.08. The summed E-state index contributed by atoms with van der Waals surface area (Å²) in [4.78, 5) is 23.0. The average molecular weight is 393 g/mol. The first-order valence-electron chi connectivity index (χ1n) is 7.27. The van der Waals surface area contributed by atoms with Gasteiger partial charge in [0, 0.05) is 34.6 Å². The molecule has 138 valence electrons. The van der Waals surface area contributed by atoms with Gasteiger partial charge in [0.15, 0.2) is 5.82 Å². The molecule has 0 aliphatic rings. The number of hydrogen-bond donors (Lipinski definition) is 2. The van der Waals surface area contributed by atoms with E-state index in [0.717, 1.165) is 23.0 Å². The van der Waals surface area contributed by atoms with E-state index < -0.39 is 17.7 Å². The molecule has 0 aliphatic carbocycles. The van der Waals surface area contributed by atoms with E-state index in [1.54, 1.807) is 0 Å². The first kappa shape index (κ1) is 18.6. The number of aliphatic carboxylic acids is 1. The first-order chi connectivity index (χ1) is 12.7. The van der Waals surface area contributed by atoms with Crippen LogP contribution >= 0.6 is 12.6 Å². The number of carboxylic acid groups (broad SMARTS) is 1. The van der Waals surface area contributed by atoms with Crippen molar-refractivity contribution in [3.63, 3.8) is 0 Å². The van der Waals surface area contributed by atoms with Gasteiger partial charge in [-0.1, -0.05) is 0 Å². The molecule has 0 spiro atoms. The zero-order chi connectivity index (χ0) is 19.6. The topological polar surface area (TPSA) is 93.8 Å². The molecule has 3 aromatic rings. The molecule has 0 fully saturated rings. The van der Waals surface area contributed by atoms with Crippen molar-refractivity contribution in [3.8, 4) is 11.4 Å². The van der Waals surface area contributed by atoms with Crippen molar-refractivity contribution in [2.75, 3.05) is 0 Å². The molecule has 0 saturated carbocycles. The van der Waals surface area contributed by atoms with Gasteiger partial charge >= 0.3 is 12.1 Å². The fourth-order valence-electron chi connectivity index (χ4n) is 2.20. The molecule has 0 radical (unpaired) electrons. The van der Waals surface area contributed by atoms with Gasteiger partial charge < -0.3 is 5.11 Å². The highest BCUT2D eigenvalue weighted by atomic mass is 32.1. The molecule has 0 saturated heterocycles. The summed E-state index contributed by atoms with van der Waals surface area (Å²) >= 11 is 3.98. The Kier molecular flexibility index (Phi) is 4.95. The molecule has 27 heavy (non-hydrogen) atoms. The van der Waals surface area contributed by atoms with E-state index in [9.17, 15) is 23.1 Å². The minimum absolute atomic E-state index is 0.0123. The maximum Gasteiger partial charge on any atom is 0.416 e. The summed E-state index contributed by atoms with van der Waals surface area (Å²) in [6.07, 6.45) is 1.67. The third kappa shape index (κ3) is 4.31. The summed E-state index contributed by atoms with van der Waals surface area (Å²) in [5.74, 6) is -1.26. The molecule has 0 atom stereocenters. The Morgan fingerprint density at radius 2 is 1.89 bits per heavy atom. The van der Waals surface area contributed by atoms with Gasteiger partial charge in [-0.25, -0.2) is 24.4 Å². The number of benzene rings is 1. The van der Waals surface area contributed by atoms with E-state index in [0.29, 0.717) is 0 Å². The number of carboxylic acids is 1. The summed E-state index contributed by atoms with van der Waals surface area (Å²) in [5, 5.41) is 13.4. The normalized spacial score (nSPS) is 12.2. The predicted octanol–water partition coefficient (Wildman–Crippen LogP) is 3.13. The number of carbonyl (C=O) groups is 1. The lowest BCUT2D eigenvalue weighted by molar-refractivity contribution is -0.137. The molecule has 2 heterocycles. The molecular formula is C16H10F3N5O2S. The Labute approximate surface area is 155 Å². The lowest BCUT2D eigenvalue weighted by Gasteiger charge is -2.08. The van der Waals surface area contributed by atoms with Crippen LogP contribution in [0.3, 0.4) is 0 Å². The number of rotatable bonds is 4. The van der Waals surface area contributed by atoms with Gasteiger partial charge in [0.2, 0.25) is 0 Å². The van der Waals surface area contributed by atoms with Gasteiger partial charge in [-0.05, 0) is 18.2 Å². The van der Waals surface area contributed by atoms with Crippen molar-refractivity contribution in [2.45, 2.75) is 11.1 Å². The van der Waals surface area contributed by atoms with Crippen LogP contribution in [0.25, 0.3) is 23.2 Å². The summed E-state index contributed by atoms with van der Waals surface area (Å²) in [5.41, 5.74) is -0.712. The van der Waals surface area contributed by atoms with Crippen LogP contribution in [0.1, 0.15) is 11.1 Å². The van der Waals surface area contributed by atoms with Gasteiger partial charge in [0.05, 0.1) is 11.1 Å². The van der Waals surface area contributed by atoms with Gasteiger partial charge in [0.1, 0.15) is 12.7 Å². The minimum Gasteiger partial charge on any atom is -0.478 e. The van der Waals surface area contributed by atoms with Crippen molar-refractivity contribution < 1.29 is 23.1 Å². The molecule has 2 aromatic heterocycles. The molecular weight excluding hydrogens is 383 g/mol. The quantitative estimate of drug-likeness (QED) is 0.523. The highest BCUT2D eigenvalue weighted by Gasteiger charge is 2.31. The lowest BCUT2D eigenvalue weighted by atomic mass is 10.1. The van der Waals surface area contributed by atoms with Crippen molar-refractivity contribution in [2.24, 2.45) is 0 Å². The molecule has 0 aliphatic heterocycles. The van der Waals surface area contributed by atoms with E-state index in [4.69, 9.17) is 0 Å². The lowest BCUT2D eigenvalue weighted by Crippen LogP contribution is -2.05. The van der Waals surface area contributed by atoms with Crippen LogP contribution in [-0.4, -0.2) is 35.8 Å². The third-order valence-electron chi connectivity index (χ3n) is 3.38. The maximum atomic E-state index is 13.0. The van der Waals surface area contributed by atoms with Crippen LogP contribution < -0.4 is 0 Å². The predicted molar refractivity (Wildman–Crippen MR) is 91.5 cm³/mol. The zero-order valence-electron chi connectivity index (χ0n) is 13.3. The van der Waals surface area contributed by atoms with E-state index in [2.05, 4.69) is 32.7 Å². The van der Waals surface area contributed by atoms with Crippen LogP contribution in [0.5, 0.6) is 0 Å². The molecule has 0 bridgehead atoms. The fourth-order valence-corrected chi connectivity index (χ4v) is 2.48. The molecule has 0 amide bonds. The number of aromatic nitrogens is 5. The Bertz CT molecular complexity index is 1020. The van der Waals surface area contributed by atoms with Crippen molar-refractivity contribution in [3.05, 3.63) is 54.4 Å². The molecule has 7 nitrogen and oxygen atoms in total. The Balaban J connectivity index is 2.00. The monoisotopic (exact) mass is 393 g/mol. The molecule has 0 unspecified atom stereocenters. The summed E-state index contributed by atoms with van der Waals surface area (Å²) in [7, 11) is 0. The standard InChI is InChI=1S/C16H10F3N5O2S/c17-16(18,19)11-1-9(2-12(27)3-11)14-22-8-24(23-14)6-13(15(25)26)10-4-20-7-21-5-10/h1-8,27H,(H,25,26)/b13-6+. The summed E-state index contributed by atoms with van der Waals surface area (Å²) in [6, 6.07) is 3.17. The Morgan fingerprint density at radius 3 is 2.52 bits per heavy atom. The number of nitrogens with zero attached hydrogens (tertiary/aromatic N) is 5. The van der Waals surface area contributed by atoms with Crippen LogP contribution in [0.4, 0.5) is 13.2 Å². The van der Waals surface area contributed by atoms with E-state index >= 15 is 0 Å². The van der Waals surface area contributed by atoms with Crippen molar-refractivity contribution in [1.29, 1.82) is 0 Å². The SMILES string of the molecule is O=C(O)/C(=C/n1cnc(-c2cc(S)cc(C(F)(F)F)c2)n1)c1cncnc1. The van der Waals surface area contributed by atoms with Crippen LogP contribution in [0, 0.1) is 0 Å². The molecule has 3 rings (SSSR count). The van der Waals surface area contributed by atoms with E-state index in [1.165, 1.54) is 31.1 Å². The van der Waals surface area contributed by atoms with Crippen LogP contribution in [0.2, 0.25) is 0 Å². The summed E-state index contributed by atoms with van der Waals surface area (Å²) in [6.45, 7) is 0. The Morgan fingerprint density at radius 1 is 1.19 bits per heavy atom. The third-order valence-corrected chi connectivity index (χ3v) is 3.63. The second kappa shape index (κ2) is 7.19. The zero-order valence-corrected chi connectivity index (χ0v) is 14.2. The summed E-state index contributed by atoms with van der Waals surface area (Å²) < 4.78 is 39.9. The van der Waals surface area contributed by atoms with Gasteiger partial charge in [-0.3, -0.25) is 0 Å². The Hall–Kier alpha value is -3.21. The number of hydrogen-bond acceptors (Lipinski definition) is 6. The molecule has 1 N–H and O–H groups in total. The van der Waals surface area contributed by atoms with Crippen LogP contribution in [0.15, 0.2) is 48.1 Å². The molecule has 11 heteroatoms. The highest BCUT2D eigenvalue weighted by Crippen LogP contribution is 2.33. The fraction of sp³-hybridized carbons (Fsp3) is 0.0625. The number of alkyl halides is 3. The van der Waals surface area contributed by atoms with Crippen LogP contribution in [-0.2, 0) is 11.0 Å². The second-order valence-corrected chi connectivity index (χ2v) is 5.81. The van der Waals surface area contributed by atoms with E-state index in [-0.39, 0.29) is 27.4 Å². The highest BCUT2D eigenvalue weighted by molar-refractivity contribution is 7.80. The minimum atomic E-state index is -4.54. The second-order valence-electron chi connectivity index (χ2n) is 5.29. The van der Waals surface area contributed by atoms with Gasteiger partial charge in [-0.15, -0.1) is 17.7 Å². The van der Waals surface area contributed by atoms with Crippen molar-refractivity contribution in [1.82, 2.24) is 24.7 Å². The van der Waals surface area contributed by atoms with E-state index in [1.807, 2.05) is 0 Å². The largest absolute Gasteiger partial charge is 0.478 e. The number of halogens is 3. The van der Waals surface area contributed by atoms with Crippen molar-refractivity contribution >= 4 is 30.4 Å². The number of thiol groups is 1. The smallest absolute Gasteiger partial charge is 0.416 e. The molecule has 1 aromatic carbocycles. The van der Waals surface area contributed by atoms with Gasteiger partial charge in [-0.2, -0.15) is 13.2 Å².